The largest absolute Gasteiger partial charge is 0.376 e. The van der Waals surface area contributed by atoms with E-state index in [2.05, 4.69) is 64.6 Å². The summed E-state index contributed by atoms with van der Waals surface area (Å²) >= 11 is 4.96. The summed E-state index contributed by atoms with van der Waals surface area (Å²) in [7, 11) is 2.20. The van der Waals surface area contributed by atoms with E-state index in [0.29, 0.717) is 5.11 Å². The molecule has 0 saturated carbocycles. The number of likely N-dealkylation sites (N-methyl/N-ethyl adjacent to an activating group) is 1. The summed E-state index contributed by atoms with van der Waals surface area (Å²) in [6, 6.07) is 15.2. The highest BCUT2D eigenvalue weighted by molar-refractivity contribution is 7.80. The van der Waals surface area contributed by atoms with Crippen molar-refractivity contribution >= 4 is 23.0 Å². The molecule has 3 N–H and O–H groups in total. The van der Waals surface area contributed by atoms with Crippen molar-refractivity contribution in [2.75, 3.05) is 45.1 Å². The van der Waals surface area contributed by atoms with Crippen LogP contribution in [0.15, 0.2) is 42.5 Å². The predicted octanol–water partition coefficient (Wildman–Crippen LogP) is 3.11. The molecule has 0 aliphatic carbocycles. The van der Waals surface area contributed by atoms with E-state index in [-0.39, 0.29) is 0 Å². The fourth-order valence-electron chi connectivity index (χ4n) is 3.29. The van der Waals surface area contributed by atoms with Crippen LogP contribution in [0, 0.1) is 6.92 Å². The zero-order chi connectivity index (χ0) is 18.5. The van der Waals surface area contributed by atoms with Crippen LogP contribution >= 0.6 is 12.2 Å². The molecule has 1 heterocycles. The Hall–Kier alpha value is -1.95. The van der Waals surface area contributed by atoms with E-state index in [1.807, 2.05) is 6.92 Å². The average molecular weight is 369 g/mol. The summed E-state index contributed by atoms with van der Waals surface area (Å²) < 4.78 is 0. The summed E-state index contributed by atoms with van der Waals surface area (Å²) in [6.07, 6.45) is 1.10. The summed E-state index contributed by atoms with van der Waals surface area (Å²) in [6.45, 7) is 7.89. The van der Waals surface area contributed by atoms with Gasteiger partial charge in [0.25, 0.3) is 0 Å². The third-order valence-corrected chi connectivity index (χ3v) is 5.20. The van der Waals surface area contributed by atoms with Gasteiger partial charge in [-0.2, -0.15) is 0 Å². The molecular formula is C21H28N4S. The van der Waals surface area contributed by atoms with Crippen molar-refractivity contribution in [2.45, 2.75) is 13.3 Å². The zero-order valence-electron chi connectivity index (χ0n) is 15.7. The molecule has 1 saturated heterocycles. The Morgan fingerprint density at radius 2 is 1.69 bits per heavy atom. The molecule has 0 bridgehead atoms. The number of aryl methyl sites for hydroxylation is 1. The van der Waals surface area contributed by atoms with E-state index in [4.69, 9.17) is 18.0 Å². The Kier molecular flexibility index (Phi) is 6.25. The number of benzene rings is 2. The van der Waals surface area contributed by atoms with Crippen molar-refractivity contribution in [2.24, 2.45) is 5.73 Å². The zero-order valence-corrected chi connectivity index (χ0v) is 16.5. The monoisotopic (exact) mass is 368 g/mol. The number of nitrogens with two attached hydrogens (primary N) is 1. The van der Waals surface area contributed by atoms with Crippen LogP contribution in [0.25, 0.3) is 11.1 Å². The van der Waals surface area contributed by atoms with E-state index in [1.165, 1.54) is 42.9 Å². The van der Waals surface area contributed by atoms with Gasteiger partial charge < -0.3 is 20.9 Å². The van der Waals surface area contributed by atoms with Crippen molar-refractivity contribution < 1.29 is 0 Å². The number of anilines is 1. The van der Waals surface area contributed by atoms with E-state index in [9.17, 15) is 0 Å². The van der Waals surface area contributed by atoms with Gasteiger partial charge in [0.1, 0.15) is 0 Å². The lowest BCUT2D eigenvalue weighted by atomic mass is 10.0. The summed E-state index contributed by atoms with van der Waals surface area (Å²) in [5, 5.41) is 3.35. The third-order valence-electron chi connectivity index (χ3n) is 5.10. The minimum atomic E-state index is 0.296. The first-order valence-electron chi connectivity index (χ1n) is 9.18. The van der Waals surface area contributed by atoms with Crippen LogP contribution in [0.1, 0.15) is 11.1 Å². The Labute approximate surface area is 162 Å². The van der Waals surface area contributed by atoms with Gasteiger partial charge in [0, 0.05) is 38.4 Å². The Bertz CT molecular complexity index is 749. The van der Waals surface area contributed by atoms with Gasteiger partial charge in [0.2, 0.25) is 0 Å². The molecule has 0 amide bonds. The van der Waals surface area contributed by atoms with Crippen LogP contribution in [0.5, 0.6) is 0 Å². The SMILES string of the molecule is Cc1ccc(-c2ccc(CCN3CCN(C)CC3)cc2)cc1NC(N)=S. The van der Waals surface area contributed by atoms with Crippen molar-refractivity contribution in [1.29, 1.82) is 0 Å². The lowest BCUT2D eigenvalue weighted by Gasteiger charge is -2.32. The summed E-state index contributed by atoms with van der Waals surface area (Å²) in [4.78, 5) is 4.95. The number of hydrogen-bond donors (Lipinski definition) is 2. The normalized spacial score (nSPS) is 15.8. The highest BCUT2D eigenvalue weighted by atomic mass is 32.1. The first-order chi connectivity index (χ1) is 12.5. The smallest absolute Gasteiger partial charge is 0.168 e. The first kappa shape index (κ1) is 18.8. The molecule has 1 fully saturated rings. The second-order valence-electron chi connectivity index (χ2n) is 7.11. The molecule has 3 rings (SSSR count). The van der Waals surface area contributed by atoms with Crippen LogP contribution in [0.4, 0.5) is 5.69 Å². The number of hydrogen-bond acceptors (Lipinski definition) is 3. The maximum Gasteiger partial charge on any atom is 0.168 e. The molecule has 26 heavy (non-hydrogen) atoms. The maximum absolute atomic E-state index is 5.62. The Morgan fingerprint density at radius 3 is 2.35 bits per heavy atom. The van der Waals surface area contributed by atoms with Gasteiger partial charge in [-0.15, -0.1) is 0 Å². The molecule has 4 nitrogen and oxygen atoms in total. The molecule has 2 aromatic carbocycles. The van der Waals surface area contributed by atoms with Crippen molar-refractivity contribution in [1.82, 2.24) is 9.80 Å². The van der Waals surface area contributed by atoms with Gasteiger partial charge in [-0.25, -0.2) is 0 Å². The highest BCUT2D eigenvalue weighted by Crippen LogP contribution is 2.26. The minimum Gasteiger partial charge on any atom is -0.376 e. The van der Waals surface area contributed by atoms with E-state index < -0.39 is 0 Å². The van der Waals surface area contributed by atoms with Gasteiger partial charge >= 0.3 is 0 Å². The second kappa shape index (κ2) is 8.62. The molecule has 1 aliphatic heterocycles. The topological polar surface area (TPSA) is 44.5 Å². The standard InChI is InChI=1S/C21H28N4S/c1-16-3-6-19(15-20(16)23-21(22)26)18-7-4-17(5-8-18)9-10-25-13-11-24(2)12-14-25/h3-8,15H,9-14H2,1-2H3,(H3,22,23,26). The third kappa shape index (κ3) is 5.04. The van der Waals surface area contributed by atoms with Gasteiger partial charge in [-0.1, -0.05) is 36.4 Å². The van der Waals surface area contributed by atoms with Gasteiger partial charge in [-0.05, 0) is 60.9 Å². The Morgan fingerprint density at radius 1 is 1.04 bits per heavy atom. The predicted molar refractivity (Wildman–Crippen MR) is 115 cm³/mol. The quantitative estimate of drug-likeness (QED) is 0.794. The lowest BCUT2D eigenvalue weighted by Crippen LogP contribution is -2.45. The Balaban J connectivity index is 1.63. The molecule has 5 heteroatoms. The van der Waals surface area contributed by atoms with Crippen molar-refractivity contribution in [3.05, 3.63) is 53.6 Å². The van der Waals surface area contributed by atoms with Gasteiger partial charge in [-0.3, -0.25) is 0 Å². The summed E-state index contributed by atoms with van der Waals surface area (Å²) in [5.41, 5.74) is 11.5. The van der Waals surface area contributed by atoms with Gasteiger partial charge in [0.05, 0.1) is 0 Å². The van der Waals surface area contributed by atoms with Crippen LogP contribution in [0.3, 0.4) is 0 Å². The summed E-state index contributed by atoms with van der Waals surface area (Å²) in [5.74, 6) is 0. The highest BCUT2D eigenvalue weighted by Gasteiger charge is 2.13. The molecule has 0 spiro atoms. The molecular weight excluding hydrogens is 340 g/mol. The molecule has 2 aromatic rings. The number of nitrogens with one attached hydrogen (secondary N) is 1. The molecule has 0 unspecified atom stereocenters. The first-order valence-corrected chi connectivity index (χ1v) is 9.59. The maximum atomic E-state index is 5.62. The molecule has 0 atom stereocenters. The number of nitrogens with zero attached hydrogens (tertiary/aromatic N) is 2. The number of rotatable bonds is 5. The van der Waals surface area contributed by atoms with Crippen molar-refractivity contribution in [3.8, 4) is 11.1 Å². The molecule has 138 valence electrons. The molecule has 0 aromatic heterocycles. The van der Waals surface area contributed by atoms with E-state index in [1.54, 1.807) is 0 Å². The van der Waals surface area contributed by atoms with Crippen LogP contribution in [-0.2, 0) is 6.42 Å². The number of thiocarbonyl (C=S) groups is 1. The van der Waals surface area contributed by atoms with Crippen molar-refractivity contribution in [3.63, 3.8) is 0 Å². The number of piperazine rings is 1. The van der Waals surface area contributed by atoms with Crippen LogP contribution in [-0.4, -0.2) is 54.7 Å². The molecule has 1 aliphatic rings. The molecule has 0 radical (unpaired) electrons. The minimum absolute atomic E-state index is 0.296. The van der Waals surface area contributed by atoms with Crippen LogP contribution < -0.4 is 11.1 Å². The van der Waals surface area contributed by atoms with E-state index >= 15 is 0 Å². The second-order valence-corrected chi connectivity index (χ2v) is 7.55. The average Bonchev–Trinajstić information content (AvgIpc) is 2.63. The van der Waals surface area contributed by atoms with Gasteiger partial charge in [0.15, 0.2) is 5.11 Å². The van der Waals surface area contributed by atoms with E-state index in [0.717, 1.165) is 24.2 Å². The fraction of sp³-hybridized carbons (Fsp3) is 0.381. The van der Waals surface area contributed by atoms with Crippen LogP contribution in [0.2, 0.25) is 0 Å². The lowest BCUT2D eigenvalue weighted by molar-refractivity contribution is 0.155. The fourth-order valence-corrected chi connectivity index (χ4v) is 3.40.